The molecule has 1 rings (SSSR count). The third-order valence-corrected chi connectivity index (χ3v) is 2.40. The van der Waals surface area contributed by atoms with Crippen LogP contribution in [0, 0.1) is 0 Å². The molecule has 2 N–H and O–H groups in total. The van der Waals surface area contributed by atoms with Gasteiger partial charge in [0.25, 0.3) is 0 Å². The molecule has 0 heterocycles. The lowest BCUT2D eigenvalue weighted by Crippen LogP contribution is -2.26. The number of benzene rings is 1. The van der Waals surface area contributed by atoms with Gasteiger partial charge >= 0.3 is 5.97 Å². The molecule has 0 aliphatic rings. The zero-order valence-electron chi connectivity index (χ0n) is 8.98. The van der Waals surface area contributed by atoms with E-state index in [0.29, 0.717) is 5.02 Å². The lowest BCUT2D eigenvalue weighted by Gasteiger charge is -2.18. The highest BCUT2D eigenvalue weighted by molar-refractivity contribution is 6.30. The highest BCUT2D eigenvalue weighted by atomic mass is 35.5. The molecular formula is C11H13ClO4. The number of ether oxygens (including phenoxy) is 1. The number of aliphatic hydroxyl groups excluding tert-OH is 1. The first kappa shape index (κ1) is 12.8. The maximum Gasteiger partial charge on any atom is 0.339 e. The van der Waals surface area contributed by atoms with Gasteiger partial charge in [0.05, 0.1) is 6.10 Å². The summed E-state index contributed by atoms with van der Waals surface area (Å²) in [6, 6.07) is 4.27. The molecule has 0 amide bonds. The molecule has 0 fully saturated rings. The lowest BCUT2D eigenvalue weighted by molar-refractivity contribution is 0.0560. The van der Waals surface area contributed by atoms with Gasteiger partial charge in [0.1, 0.15) is 17.4 Å². The Labute approximate surface area is 98.4 Å². The van der Waals surface area contributed by atoms with Gasteiger partial charge in [-0.1, -0.05) is 11.6 Å². The van der Waals surface area contributed by atoms with E-state index in [1.54, 1.807) is 13.8 Å². The molecule has 2 atom stereocenters. The molecule has 0 spiro atoms. The summed E-state index contributed by atoms with van der Waals surface area (Å²) in [5.41, 5.74) is 0.0249. The molecule has 2 unspecified atom stereocenters. The van der Waals surface area contributed by atoms with Crippen LogP contribution in [0.2, 0.25) is 5.02 Å². The number of rotatable bonds is 4. The molecule has 0 radical (unpaired) electrons. The van der Waals surface area contributed by atoms with E-state index in [2.05, 4.69) is 0 Å². The fraction of sp³-hybridized carbons (Fsp3) is 0.364. The van der Waals surface area contributed by atoms with Crippen LogP contribution in [-0.2, 0) is 0 Å². The number of halogens is 1. The normalized spacial score (nSPS) is 14.2. The van der Waals surface area contributed by atoms with Crippen LogP contribution in [-0.4, -0.2) is 28.4 Å². The molecule has 0 bridgehead atoms. The Morgan fingerprint density at radius 3 is 2.56 bits per heavy atom. The Kier molecular flexibility index (Phi) is 4.15. The van der Waals surface area contributed by atoms with Crippen LogP contribution < -0.4 is 4.74 Å². The van der Waals surface area contributed by atoms with E-state index in [-0.39, 0.29) is 11.3 Å². The van der Waals surface area contributed by atoms with E-state index < -0.39 is 18.2 Å². The van der Waals surface area contributed by atoms with Crippen molar-refractivity contribution in [1.82, 2.24) is 0 Å². The van der Waals surface area contributed by atoms with Gasteiger partial charge in [0.15, 0.2) is 0 Å². The van der Waals surface area contributed by atoms with Gasteiger partial charge in [0.2, 0.25) is 0 Å². The molecule has 0 aliphatic carbocycles. The van der Waals surface area contributed by atoms with E-state index >= 15 is 0 Å². The van der Waals surface area contributed by atoms with E-state index in [9.17, 15) is 9.90 Å². The first-order valence-corrected chi connectivity index (χ1v) is 5.17. The summed E-state index contributed by atoms with van der Waals surface area (Å²) in [6.45, 7) is 3.22. The van der Waals surface area contributed by atoms with E-state index in [1.165, 1.54) is 18.2 Å². The summed E-state index contributed by atoms with van der Waals surface area (Å²) in [5.74, 6) is -0.933. The van der Waals surface area contributed by atoms with Crippen LogP contribution >= 0.6 is 11.6 Å². The average molecular weight is 245 g/mol. The maximum absolute atomic E-state index is 10.9. The van der Waals surface area contributed by atoms with Crippen LogP contribution in [0.3, 0.4) is 0 Å². The molecular weight excluding hydrogens is 232 g/mol. The van der Waals surface area contributed by atoms with E-state index in [0.717, 1.165) is 0 Å². The van der Waals surface area contributed by atoms with Crippen LogP contribution in [0.4, 0.5) is 0 Å². The molecule has 0 aromatic heterocycles. The van der Waals surface area contributed by atoms with Gasteiger partial charge < -0.3 is 14.9 Å². The fourth-order valence-corrected chi connectivity index (χ4v) is 1.23. The predicted molar refractivity (Wildman–Crippen MR) is 60.2 cm³/mol. The molecule has 16 heavy (non-hydrogen) atoms. The second kappa shape index (κ2) is 5.18. The zero-order valence-corrected chi connectivity index (χ0v) is 9.73. The molecule has 0 saturated heterocycles. The molecule has 5 heteroatoms. The lowest BCUT2D eigenvalue weighted by atomic mass is 10.2. The number of hydrogen-bond acceptors (Lipinski definition) is 3. The Morgan fingerprint density at radius 2 is 2.06 bits per heavy atom. The van der Waals surface area contributed by atoms with Crippen molar-refractivity contribution < 1.29 is 19.7 Å². The first-order chi connectivity index (χ1) is 7.41. The molecule has 1 aromatic carbocycles. The largest absolute Gasteiger partial charge is 0.487 e. The summed E-state index contributed by atoms with van der Waals surface area (Å²) >= 11 is 5.75. The Bertz CT molecular complexity index is 390. The summed E-state index contributed by atoms with van der Waals surface area (Å²) in [7, 11) is 0. The van der Waals surface area contributed by atoms with Gasteiger partial charge in [-0.25, -0.2) is 4.79 Å². The average Bonchev–Trinajstić information content (AvgIpc) is 2.16. The molecule has 1 aromatic rings. The van der Waals surface area contributed by atoms with Crippen LogP contribution in [0.1, 0.15) is 24.2 Å². The molecule has 4 nitrogen and oxygen atoms in total. The zero-order chi connectivity index (χ0) is 12.3. The van der Waals surface area contributed by atoms with Crippen molar-refractivity contribution in [2.24, 2.45) is 0 Å². The minimum absolute atomic E-state index is 0.0249. The first-order valence-electron chi connectivity index (χ1n) is 4.79. The van der Waals surface area contributed by atoms with Crippen molar-refractivity contribution >= 4 is 17.6 Å². The topological polar surface area (TPSA) is 66.8 Å². The van der Waals surface area contributed by atoms with Crippen molar-refractivity contribution in [3.05, 3.63) is 28.8 Å². The number of carboxylic acid groups (broad SMARTS) is 1. The van der Waals surface area contributed by atoms with Crippen molar-refractivity contribution in [2.45, 2.75) is 26.1 Å². The summed E-state index contributed by atoms with van der Waals surface area (Å²) < 4.78 is 5.33. The standard InChI is InChI=1S/C11H13ClO4/c1-6(13)7(2)16-10-5-8(12)3-4-9(10)11(14)15/h3-7,13H,1-2H3,(H,14,15). The Hall–Kier alpha value is -1.26. The van der Waals surface area contributed by atoms with E-state index in [4.69, 9.17) is 21.4 Å². The Morgan fingerprint density at radius 1 is 1.44 bits per heavy atom. The van der Waals surface area contributed by atoms with Crippen molar-refractivity contribution in [2.75, 3.05) is 0 Å². The molecule has 88 valence electrons. The van der Waals surface area contributed by atoms with Crippen molar-refractivity contribution in [1.29, 1.82) is 0 Å². The second-order valence-electron chi connectivity index (χ2n) is 3.51. The third-order valence-electron chi connectivity index (χ3n) is 2.17. The quantitative estimate of drug-likeness (QED) is 0.852. The number of aliphatic hydroxyl groups is 1. The van der Waals surface area contributed by atoms with Crippen molar-refractivity contribution in [3.8, 4) is 5.75 Å². The SMILES string of the molecule is CC(O)C(C)Oc1cc(Cl)ccc1C(=O)O. The minimum Gasteiger partial charge on any atom is -0.487 e. The van der Waals surface area contributed by atoms with Crippen molar-refractivity contribution in [3.63, 3.8) is 0 Å². The number of carbonyl (C=O) groups is 1. The molecule has 0 saturated carbocycles. The molecule has 0 aliphatic heterocycles. The Balaban J connectivity index is 3.01. The summed E-state index contributed by atoms with van der Waals surface area (Å²) in [4.78, 5) is 10.9. The number of aromatic carboxylic acids is 1. The maximum atomic E-state index is 10.9. The summed E-state index contributed by atoms with van der Waals surface area (Å²) in [6.07, 6.45) is -1.20. The second-order valence-corrected chi connectivity index (χ2v) is 3.95. The number of hydrogen-bond donors (Lipinski definition) is 2. The predicted octanol–water partition coefficient (Wildman–Crippen LogP) is 2.19. The highest BCUT2D eigenvalue weighted by Crippen LogP contribution is 2.24. The van der Waals surface area contributed by atoms with Gasteiger partial charge in [-0.05, 0) is 32.0 Å². The monoisotopic (exact) mass is 244 g/mol. The fourth-order valence-electron chi connectivity index (χ4n) is 1.07. The van der Waals surface area contributed by atoms with Gasteiger partial charge in [-0.2, -0.15) is 0 Å². The van der Waals surface area contributed by atoms with Crippen LogP contribution in [0.5, 0.6) is 5.75 Å². The number of carboxylic acids is 1. The van der Waals surface area contributed by atoms with Gasteiger partial charge in [0, 0.05) is 5.02 Å². The van der Waals surface area contributed by atoms with Crippen LogP contribution in [0.15, 0.2) is 18.2 Å². The summed E-state index contributed by atoms with van der Waals surface area (Å²) in [5, 5.41) is 18.6. The highest BCUT2D eigenvalue weighted by Gasteiger charge is 2.16. The van der Waals surface area contributed by atoms with E-state index in [1.807, 2.05) is 0 Å². The third kappa shape index (κ3) is 3.12. The smallest absolute Gasteiger partial charge is 0.339 e. The minimum atomic E-state index is -1.09. The van der Waals surface area contributed by atoms with Gasteiger partial charge in [-0.3, -0.25) is 0 Å². The van der Waals surface area contributed by atoms with Crippen LogP contribution in [0.25, 0.3) is 0 Å². The van der Waals surface area contributed by atoms with Gasteiger partial charge in [-0.15, -0.1) is 0 Å².